The molecule has 4 heteroatoms. The number of halogens is 1. The lowest BCUT2D eigenvalue weighted by Crippen LogP contribution is -2.50. The predicted octanol–water partition coefficient (Wildman–Crippen LogP) is 2.19. The summed E-state index contributed by atoms with van der Waals surface area (Å²) in [6.45, 7) is 6.74. The van der Waals surface area contributed by atoms with Crippen molar-refractivity contribution < 1.29 is 4.79 Å². The lowest BCUT2D eigenvalue weighted by molar-refractivity contribution is -0.136. The van der Waals surface area contributed by atoms with Crippen LogP contribution in [0.2, 0.25) is 0 Å². The standard InChI is InChI=1S/C13H20N2O.ClH/c1-4-15(12(16)13(2,3)14)10-11-8-6-5-7-9-11;/h5-9H,4,10,14H2,1-3H3;1H. The van der Waals surface area contributed by atoms with Crippen molar-refractivity contribution in [3.05, 3.63) is 35.9 Å². The maximum atomic E-state index is 12.0. The van der Waals surface area contributed by atoms with Gasteiger partial charge in [-0.2, -0.15) is 0 Å². The van der Waals surface area contributed by atoms with Gasteiger partial charge in [0.1, 0.15) is 0 Å². The van der Waals surface area contributed by atoms with Gasteiger partial charge in [-0.3, -0.25) is 4.79 Å². The first kappa shape index (κ1) is 15.9. The summed E-state index contributed by atoms with van der Waals surface area (Å²) in [5.41, 5.74) is 6.14. The van der Waals surface area contributed by atoms with E-state index in [-0.39, 0.29) is 18.3 Å². The van der Waals surface area contributed by atoms with Gasteiger partial charge in [-0.15, -0.1) is 12.4 Å². The van der Waals surface area contributed by atoms with E-state index in [0.29, 0.717) is 13.1 Å². The summed E-state index contributed by atoms with van der Waals surface area (Å²) in [7, 11) is 0. The predicted molar refractivity (Wildman–Crippen MR) is 73.0 cm³/mol. The molecule has 0 radical (unpaired) electrons. The van der Waals surface area contributed by atoms with Gasteiger partial charge in [0.25, 0.3) is 0 Å². The Morgan fingerprint density at radius 1 is 1.29 bits per heavy atom. The Balaban J connectivity index is 0.00000256. The van der Waals surface area contributed by atoms with Gasteiger partial charge in [-0.25, -0.2) is 0 Å². The molecule has 1 aromatic carbocycles. The zero-order valence-electron chi connectivity index (χ0n) is 10.6. The molecule has 0 aromatic heterocycles. The van der Waals surface area contributed by atoms with Crippen LogP contribution in [0.15, 0.2) is 30.3 Å². The Labute approximate surface area is 109 Å². The summed E-state index contributed by atoms with van der Waals surface area (Å²) >= 11 is 0. The van der Waals surface area contributed by atoms with Crippen molar-refractivity contribution in [3.8, 4) is 0 Å². The lowest BCUT2D eigenvalue weighted by Gasteiger charge is -2.28. The van der Waals surface area contributed by atoms with E-state index in [1.165, 1.54) is 0 Å². The van der Waals surface area contributed by atoms with E-state index >= 15 is 0 Å². The van der Waals surface area contributed by atoms with Crippen molar-refractivity contribution in [2.24, 2.45) is 5.73 Å². The van der Waals surface area contributed by atoms with Gasteiger partial charge < -0.3 is 10.6 Å². The van der Waals surface area contributed by atoms with Crippen LogP contribution in [0.25, 0.3) is 0 Å². The third-order valence-electron chi connectivity index (χ3n) is 2.44. The third-order valence-corrected chi connectivity index (χ3v) is 2.44. The molecule has 1 amide bonds. The van der Waals surface area contributed by atoms with E-state index in [0.717, 1.165) is 5.56 Å². The highest BCUT2D eigenvalue weighted by Crippen LogP contribution is 2.09. The largest absolute Gasteiger partial charge is 0.337 e. The highest BCUT2D eigenvalue weighted by Gasteiger charge is 2.26. The first-order chi connectivity index (χ1) is 7.45. The van der Waals surface area contributed by atoms with Crippen LogP contribution in [0.3, 0.4) is 0 Å². The number of carbonyl (C=O) groups is 1. The van der Waals surface area contributed by atoms with Gasteiger partial charge in [0.15, 0.2) is 0 Å². The van der Waals surface area contributed by atoms with Crippen LogP contribution in [-0.4, -0.2) is 22.9 Å². The number of rotatable bonds is 4. The highest BCUT2D eigenvalue weighted by atomic mass is 35.5. The van der Waals surface area contributed by atoms with E-state index in [1.54, 1.807) is 18.7 Å². The van der Waals surface area contributed by atoms with Crippen molar-refractivity contribution in [3.63, 3.8) is 0 Å². The minimum atomic E-state index is -0.801. The first-order valence-corrected chi connectivity index (χ1v) is 5.57. The number of nitrogens with zero attached hydrogens (tertiary/aromatic N) is 1. The molecule has 0 heterocycles. The second-order valence-electron chi connectivity index (χ2n) is 4.53. The second kappa shape index (κ2) is 6.62. The van der Waals surface area contributed by atoms with E-state index in [4.69, 9.17) is 5.73 Å². The number of nitrogens with two attached hydrogens (primary N) is 1. The molecule has 2 N–H and O–H groups in total. The topological polar surface area (TPSA) is 46.3 Å². The summed E-state index contributed by atoms with van der Waals surface area (Å²) in [6, 6.07) is 9.94. The SMILES string of the molecule is CCN(Cc1ccccc1)C(=O)C(C)(C)N.Cl. The van der Waals surface area contributed by atoms with Crippen LogP contribution in [0, 0.1) is 0 Å². The minimum absolute atomic E-state index is 0. The van der Waals surface area contributed by atoms with Crippen molar-refractivity contribution >= 4 is 18.3 Å². The van der Waals surface area contributed by atoms with Crippen molar-refractivity contribution in [2.45, 2.75) is 32.9 Å². The van der Waals surface area contributed by atoms with Gasteiger partial charge in [-0.1, -0.05) is 30.3 Å². The number of hydrogen-bond donors (Lipinski definition) is 1. The Hall–Kier alpha value is -1.06. The zero-order valence-corrected chi connectivity index (χ0v) is 11.5. The number of benzene rings is 1. The Morgan fingerprint density at radius 3 is 2.24 bits per heavy atom. The molecule has 0 atom stereocenters. The molecule has 0 bridgehead atoms. The monoisotopic (exact) mass is 256 g/mol. The van der Waals surface area contributed by atoms with Crippen molar-refractivity contribution in [2.75, 3.05) is 6.54 Å². The lowest BCUT2D eigenvalue weighted by atomic mass is 10.0. The highest BCUT2D eigenvalue weighted by molar-refractivity contribution is 5.85. The van der Waals surface area contributed by atoms with Crippen LogP contribution in [0.1, 0.15) is 26.3 Å². The van der Waals surface area contributed by atoms with Gasteiger partial charge in [0.05, 0.1) is 5.54 Å². The van der Waals surface area contributed by atoms with Crippen molar-refractivity contribution in [1.29, 1.82) is 0 Å². The third kappa shape index (κ3) is 4.75. The molecule has 3 nitrogen and oxygen atoms in total. The quantitative estimate of drug-likeness (QED) is 0.898. The normalized spacial score (nSPS) is 10.6. The fourth-order valence-corrected chi connectivity index (χ4v) is 1.54. The molecular weight excluding hydrogens is 236 g/mol. The average Bonchev–Trinajstić information content (AvgIpc) is 2.25. The fraction of sp³-hybridized carbons (Fsp3) is 0.462. The van der Waals surface area contributed by atoms with Gasteiger partial charge in [0, 0.05) is 13.1 Å². The summed E-state index contributed by atoms with van der Waals surface area (Å²) in [5.74, 6) is -0.0150. The molecule has 1 aromatic rings. The summed E-state index contributed by atoms with van der Waals surface area (Å²) < 4.78 is 0. The maximum Gasteiger partial charge on any atom is 0.242 e. The smallest absolute Gasteiger partial charge is 0.242 e. The fourth-order valence-electron chi connectivity index (χ4n) is 1.54. The minimum Gasteiger partial charge on any atom is -0.337 e. The summed E-state index contributed by atoms with van der Waals surface area (Å²) in [5, 5.41) is 0. The maximum absolute atomic E-state index is 12.0. The Kier molecular flexibility index (Phi) is 6.21. The Morgan fingerprint density at radius 2 is 1.82 bits per heavy atom. The van der Waals surface area contributed by atoms with E-state index < -0.39 is 5.54 Å². The first-order valence-electron chi connectivity index (χ1n) is 5.57. The van der Waals surface area contributed by atoms with Crippen LogP contribution < -0.4 is 5.73 Å². The molecule has 96 valence electrons. The average molecular weight is 257 g/mol. The molecule has 0 saturated heterocycles. The second-order valence-corrected chi connectivity index (χ2v) is 4.53. The molecule has 0 aliphatic heterocycles. The van der Waals surface area contributed by atoms with Crippen LogP contribution in [0.5, 0.6) is 0 Å². The number of carbonyl (C=O) groups excluding carboxylic acids is 1. The number of amides is 1. The zero-order chi connectivity index (χ0) is 12.2. The van der Waals surface area contributed by atoms with Crippen molar-refractivity contribution in [1.82, 2.24) is 4.90 Å². The molecular formula is C13H21ClN2O. The number of likely N-dealkylation sites (N-methyl/N-ethyl adjacent to an activating group) is 1. The molecule has 0 unspecified atom stereocenters. The van der Waals surface area contributed by atoms with Crippen LogP contribution in [0.4, 0.5) is 0 Å². The molecule has 0 saturated carbocycles. The van der Waals surface area contributed by atoms with E-state index in [2.05, 4.69) is 0 Å². The van der Waals surface area contributed by atoms with Crippen LogP contribution >= 0.6 is 12.4 Å². The van der Waals surface area contributed by atoms with Gasteiger partial charge in [0.2, 0.25) is 5.91 Å². The van der Waals surface area contributed by atoms with Gasteiger partial charge in [-0.05, 0) is 26.3 Å². The van der Waals surface area contributed by atoms with Gasteiger partial charge >= 0.3 is 0 Å². The molecule has 0 spiro atoms. The molecule has 17 heavy (non-hydrogen) atoms. The number of hydrogen-bond acceptors (Lipinski definition) is 2. The Bertz CT molecular complexity index is 346. The molecule has 0 fully saturated rings. The summed E-state index contributed by atoms with van der Waals surface area (Å²) in [4.78, 5) is 13.8. The van der Waals surface area contributed by atoms with E-state index in [9.17, 15) is 4.79 Å². The molecule has 1 rings (SSSR count). The molecule has 0 aliphatic carbocycles. The molecule has 0 aliphatic rings. The van der Waals surface area contributed by atoms with Crippen LogP contribution in [-0.2, 0) is 11.3 Å². The van der Waals surface area contributed by atoms with E-state index in [1.807, 2.05) is 37.3 Å². The summed E-state index contributed by atoms with van der Waals surface area (Å²) in [6.07, 6.45) is 0.